The molecule has 0 saturated carbocycles. The van der Waals surface area contributed by atoms with Crippen LogP contribution in [0.4, 0.5) is 8.78 Å². The topological polar surface area (TPSA) is 36.9 Å². The van der Waals surface area contributed by atoms with Gasteiger partial charge >= 0.3 is 0 Å². The Morgan fingerprint density at radius 1 is 0.423 bits per heavy atom. The number of methoxy groups -OCH3 is 2. The molecule has 4 nitrogen and oxygen atoms in total. The Balaban J connectivity index is 1.46. The third-order valence-corrected chi connectivity index (χ3v) is 15.1. The van der Waals surface area contributed by atoms with E-state index < -0.39 is 0 Å². The Kier molecular flexibility index (Phi) is 11.0. The predicted molar refractivity (Wildman–Crippen MR) is 218 cm³/mol. The van der Waals surface area contributed by atoms with Crippen molar-refractivity contribution in [1.29, 1.82) is 0 Å². The molecule has 10 heteroatoms. The Labute approximate surface area is 321 Å². The van der Waals surface area contributed by atoms with Crippen LogP contribution in [0.5, 0.6) is 23.0 Å². The van der Waals surface area contributed by atoms with E-state index in [1.165, 1.54) is 22.7 Å². The van der Waals surface area contributed by atoms with Crippen molar-refractivity contribution < 1.29 is 27.7 Å². The van der Waals surface area contributed by atoms with Gasteiger partial charge in [-0.1, -0.05) is 12.1 Å². The molecular formula is C42H44F2O4S4. The fraction of sp³-hybridized carbons (Fsp3) is 0.333. The summed E-state index contributed by atoms with van der Waals surface area (Å²) in [5, 5.41) is 0. The van der Waals surface area contributed by atoms with Crippen molar-refractivity contribution in [2.45, 2.75) is 81.4 Å². The predicted octanol–water partition coefficient (Wildman–Crippen LogP) is 14.0. The zero-order valence-electron chi connectivity index (χ0n) is 31.6. The fourth-order valence-corrected chi connectivity index (χ4v) is 12.2. The highest BCUT2D eigenvalue weighted by Crippen LogP contribution is 2.55. The van der Waals surface area contributed by atoms with Gasteiger partial charge in [-0.3, -0.25) is 0 Å². The molecule has 0 fully saturated rings. The van der Waals surface area contributed by atoms with E-state index in [4.69, 9.17) is 18.9 Å². The van der Waals surface area contributed by atoms with Crippen LogP contribution in [0.2, 0.25) is 0 Å². The standard InChI is InChI=1S/C42H44F2O4S4/c1-19(2)47-29-17-13-15-27(45-11)31(29)41-33(43)25(9)39(51-41)37-23(7)21(5)35(49-37)36-22(6)24(8)38(50-36)40-26(10)34(44)42(52-40)32-28(46-12)16-14-18-30(32)48-20(3)4/h13-20H,1-12H3. The molecule has 0 unspecified atom stereocenters. The van der Waals surface area contributed by atoms with Crippen LogP contribution in [-0.4, -0.2) is 26.4 Å². The van der Waals surface area contributed by atoms with Gasteiger partial charge in [0.25, 0.3) is 0 Å². The van der Waals surface area contributed by atoms with Crippen LogP contribution in [0.15, 0.2) is 36.4 Å². The highest BCUT2D eigenvalue weighted by Gasteiger charge is 2.30. The number of hydrogen-bond donors (Lipinski definition) is 0. The fourth-order valence-electron chi connectivity index (χ4n) is 6.31. The van der Waals surface area contributed by atoms with Crippen LogP contribution in [-0.2, 0) is 0 Å². The minimum Gasteiger partial charge on any atom is -0.496 e. The number of benzene rings is 2. The number of hydrogen-bond acceptors (Lipinski definition) is 8. The van der Waals surface area contributed by atoms with E-state index in [9.17, 15) is 0 Å². The van der Waals surface area contributed by atoms with Gasteiger partial charge in [0.1, 0.15) is 34.6 Å². The molecule has 4 heterocycles. The molecule has 2 aromatic carbocycles. The summed E-state index contributed by atoms with van der Waals surface area (Å²) >= 11 is 6.25. The van der Waals surface area contributed by atoms with Gasteiger partial charge in [-0.2, -0.15) is 0 Å². The minimum absolute atomic E-state index is 0.0832. The van der Waals surface area contributed by atoms with E-state index >= 15 is 8.78 Å². The molecule has 0 spiro atoms. The first-order valence-electron chi connectivity index (χ1n) is 17.2. The summed E-state index contributed by atoms with van der Waals surface area (Å²) < 4.78 is 56.2. The molecule has 0 aliphatic heterocycles. The second-order valence-electron chi connectivity index (χ2n) is 13.4. The normalized spacial score (nSPS) is 11.6. The summed E-state index contributed by atoms with van der Waals surface area (Å²) in [5.41, 5.74) is 7.03. The zero-order chi connectivity index (χ0) is 37.8. The largest absolute Gasteiger partial charge is 0.496 e. The molecule has 0 amide bonds. The van der Waals surface area contributed by atoms with Crippen LogP contribution < -0.4 is 18.9 Å². The monoisotopic (exact) mass is 778 g/mol. The third-order valence-electron chi connectivity index (χ3n) is 9.26. The molecule has 6 aromatic rings. The third kappa shape index (κ3) is 6.57. The molecule has 0 aliphatic carbocycles. The molecule has 274 valence electrons. The number of rotatable bonds is 11. The summed E-state index contributed by atoms with van der Waals surface area (Å²) in [5.74, 6) is 1.79. The molecule has 0 saturated heterocycles. The van der Waals surface area contributed by atoms with Crippen molar-refractivity contribution in [3.63, 3.8) is 0 Å². The summed E-state index contributed by atoms with van der Waals surface area (Å²) in [6, 6.07) is 11.1. The lowest BCUT2D eigenvalue weighted by atomic mass is 10.0. The van der Waals surface area contributed by atoms with Crippen molar-refractivity contribution in [3.8, 4) is 73.1 Å². The maximum Gasteiger partial charge on any atom is 0.145 e. The van der Waals surface area contributed by atoms with Gasteiger partial charge in [0.15, 0.2) is 0 Å². The van der Waals surface area contributed by atoms with Crippen LogP contribution in [0.1, 0.15) is 61.1 Å². The first-order valence-corrected chi connectivity index (χ1v) is 20.4. The van der Waals surface area contributed by atoms with E-state index in [2.05, 4.69) is 27.7 Å². The number of halogens is 2. The molecular weight excluding hydrogens is 735 g/mol. The van der Waals surface area contributed by atoms with Crippen LogP contribution in [0.3, 0.4) is 0 Å². The Morgan fingerprint density at radius 2 is 0.692 bits per heavy atom. The van der Waals surface area contributed by atoms with Crippen molar-refractivity contribution in [3.05, 3.63) is 81.4 Å². The molecule has 0 aliphatic rings. The molecule has 6 rings (SSSR count). The maximum absolute atomic E-state index is 16.3. The zero-order valence-corrected chi connectivity index (χ0v) is 34.9. The van der Waals surface area contributed by atoms with Gasteiger partial charge in [0, 0.05) is 30.6 Å². The van der Waals surface area contributed by atoms with E-state index in [0.717, 1.165) is 51.5 Å². The summed E-state index contributed by atoms with van der Waals surface area (Å²) in [7, 11) is 3.19. The minimum atomic E-state index is -0.265. The highest BCUT2D eigenvalue weighted by molar-refractivity contribution is 7.30. The van der Waals surface area contributed by atoms with E-state index in [1.807, 2.05) is 77.9 Å². The van der Waals surface area contributed by atoms with Crippen LogP contribution >= 0.6 is 45.3 Å². The molecule has 0 atom stereocenters. The van der Waals surface area contributed by atoms with Crippen molar-refractivity contribution in [2.24, 2.45) is 0 Å². The molecule has 0 N–H and O–H groups in total. The van der Waals surface area contributed by atoms with Gasteiger partial charge in [-0.05, 0) is 116 Å². The quantitative estimate of drug-likeness (QED) is 0.131. The number of ether oxygens (including phenoxy) is 4. The second kappa shape index (κ2) is 15.0. The SMILES string of the molecule is COc1cccc(OC(C)C)c1-c1sc(-c2sc(-c3sc(-c4sc(-c5c(OC)cccc5OC(C)C)c(F)c4C)c(C)c3C)c(C)c2C)c(C)c1F. The van der Waals surface area contributed by atoms with Gasteiger partial charge < -0.3 is 18.9 Å². The Hall–Kier alpha value is -3.70. The lowest BCUT2D eigenvalue weighted by Gasteiger charge is -2.16. The molecule has 0 radical (unpaired) electrons. The van der Waals surface area contributed by atoms with Crippen LogP contribution in [0.25, 0.3) is 50.1 Å². The van der Waals surface area contributed by atoms with E-state index in [-0.39, 0.29) is 23.8 Å². The van der Waals surface area contributed by atoms with Crippen LogP contribution in [0, 0.1) is 53.2 Å². The van der Waals surface area contributed by atoms with E-state index in [0.29, 0.717) is 55.0 Å². The van der Waals surface area contributed by atoms with Gasteiger partial charge in [0.2, 0.25) is 0 Å². The number of thiophene rings is 4. The Bertz CT molecular complexity index is 2130. The van der Waals surface area contributed by atoms with Crippen molar-refractivity contribution in [2.75, 3.05) is 14.2 Å². The first kappa shape index (κ1) is 38.0. The lowest BCUT2D eigenvalue weighted by Crippen LogP contribution is -2.07. The van der Waals surface area contributed by atoms with Gasteiger partial charge in [-0.15, -0.1) is 45.3 Å². The summed E-state index contributed by atoms with van der Waals surface area (Å²) in [6.07, 6.45) is -0.166. The smallest absolute Gasteiger partial charge is 0.145 e. The van der Waals surface area contributed by atoms with Gasteiger partial charge in [-0.25, -0.2) is 8.78 Å². The molecule has 4 aromatic heterocycles. The van der Waals surface area contributed by atoms with Crippen molar-refractivity contribution in [1.82, 2.24) is 0 Å². The maximum atomic E-state index is 16.3. The highest BCUT2D eigenvalue weighted by atomic mass is 32.1. The average molecular weight is 779 g/mol. The second-order valence-corrected chi connectivity index (χ2v) is 17.5. The summed E-state index contributed by atoms with van der Waals surface area (Å²) in [4.78, 5) is 7.18. The summed E-state index contributed by atoms with van der Waals surface area (Å²) in [6.45, 7) is 20.0. The average Bonchev–Trinajstić information content (AvgIpc) is 3.77. The molecule has 52 heavy (non-hydrogen) atoms. The lowest BCUT2D eigenvalue weighted by molar-refractivity contribution is 0.242. The van der Waals surface area contributed by atoms with Crippen molar-refractivity contribution >= 4 is 45.3 Å². The van der Waals surface area contributed by atoms with Gasteiger partial charge in [0.05, 0.1) is 57.1 Å². The molecule has 0 bridgehead atoms. The van der Waals surface area contributed by atoms with E-state index in [1.54, 1.807) is 36.9 Å². The Morgan fingerprint density at radius 3 is 0.981 bits per heavy atom. The first-order chi connectivity index (χ1) is 24.7.